The van der Waals surface area contributed by atoms with Crippen molar-refractivity contribution in [1.82, 2.24) is 0 Å². The van der Waals surface area contributed by atoms with Gasteiger partial charge in [0.1, 0.15) is 5.82 Å². The van der Waals surface area contributed by atoms with E-state index in [1.54, 1.807) is 19.1 Å². The van der Waals surface area contributed by atoms with Crippen LogP contribution < -0.4 is 5.32 Å². The zero-order chi connectivity index (χ0) is 17.6. The van der Waals surface area contributed by atoms with Crippen molar-refractivity contribution >= 4 is 17.6 Å². The molecule has 1 atom stereocenters. The van der Waals surface area contributed by atoms with Gasteiger partial charge in [-0.05, 0) is 75.3 Å². The molecule has 5 heteroatoms. The highest BCUT2D eigenvalue weighted by Crippen LogP contribution is 2.60. The predicted octanol–water partition coefficient (Wildman–Crippen LogP) is 3.91. The molecule has 0 spiro atoms. The van der Waals surface area contributed by atoms with E-state index in [4.69, 9.17) is 4.74 Å². The molecular weight excluding hydrogens is 321 g/mol. The van der Waals surface area contributed by atoms with Crippen LogP contribution in [0, 0.1) is 29.0 Å². The van der Waals surface area contributed by atoms with E-state index < -0.39 is 17.8 Å². The second-order valence-corrected chi connectivity index (χ2v) is 8.21. The van der Waals surface area contributed by atoms with Crippen LogP contribution in [0.2, 0.25) is 0 Å². The van der Waals surface area contributed by atoms with Crippen LogP contribution in [0.15, 0.2) is 24.3 Å². The maximum absolute atomic E-state index is 13.7. The summed E-state index contributed by atoms with van der Waals surface area (Å²) < 4.78 is 19.2. The van der Waals surface area contributed by atoms with Crippen LogP contribution in [0.1, 0.15) is 45.4 Å². The molecule has 1 N–H and O–H groups in total. The van der Waals surface area contributed by atoms with Crippen molar-refractivity contribution < 1.29 is 18.7 Å². The number of anilines is 1. The third-order valence-corrected chi connectivity index (χ3v) is 6.26. The molecule has 4 aliphatic rings. The SMILES string of the molecule is C[C@H](OC(=O)C12CC3CC(CC(C3)C1)C2)C(=O)Nc1ccccc1F. The van der Waals surface area contributed by atoms with Gasteiger partial charge in [-0.25, -0.2) is 4.39 Å². The number of esters is 1. The normalized spacial score (nSPS) is 33.8. The van der Waals surface area contributed by atoms with Gasteiger partial charge in [-0.3, -0.25) is 9.59 Å². The maximum atomic E-state index is 13.7. The van der Waals surface area contributed by atoms with Gasteiger partial charge < -0.3 is 10.1 Å². The van der Waals surface area contributed by atoms with E-state index >= 15 is 0 Å². The van der Waals surface area contributed by atoms with E-state index in [0.29, 0.717) is 17.8 Å². The topological polar surface area (TPSA) is 55.4 Å². The maximum Gasteiger partial charge on any atom is 0.312 e. The number of amides is 1. The summed E-state index contributed by atoms with van der Waals surface area (Å²) in [4.78, 5) is 25.1. The van der Waals surface area contributed by atoms with Gasteiger partial charge in [0.05, 0.1) is 11.1 Å². The monoisotopic (exact) mass is 345 g/mol. The van der Waals surface area contributed by atoms with Gasteiger partial charge in [0.2, 0.25) is 0 Å². The molecule has 1 aromatic rings. The smallest absolute Gasteiger partial charge is 0.312 e. The molecular formula is C20H24FNO3. The second kappa shape index (κ2) is 6.11. The fourth-order valence-electron chi connectivity index (χ4n) is 5.50. The molecule has 0 aromatic heterocycles. The van der Waals surface area contributed by atoms with Gasteiger partial charge in [-0.15, -0.1) is 0 Å². The summed E-state index contributed by atoms with van der Waals surface area (Å²) in [5.41, 5.74) is -0.286. The Morgan fingerprint density at radius 3 is 2.24 bits per heavy atom. The number of nitrogens with one attached hydrogen (secondary N) is 1. The molecule has 4 fully saturated rings. The lowest BCUT2D eigenvalue weighted by atomic mass is 9.49. The fourth-order valence-corrected chi connectivity index (χ4v) is 5.50. The number of rotatable bonds is 4. The van der Waals surface area contributed by atoms with Gasteiger partial charge in [0.25, 0.3) is 5.91 Å². The zero-order valence-corrected chi connectivity index (χ0v) is 14.5. The van der Waals surface area contributed by atoms with Gasteiger partial charge in [-0.2, -0.15) is 0 Å². The molecule has 1 aromatic carbocycles. The standard InChI is InChI=1S/C20H24FNO3/c1-12(18(23)22-17-5-3-2-4-16(17)21)25-19(24)20-9-13-6-14(10-20)8-15(7-13)11-20/h2-5,12-15H,6-11H2,1H3,(H,22,23)/t12-,13?,14?,15?,20?/m0/s1. The Labute approximate surface area is 147 Å². The summed E-state index contributed by atoms with van der Waals surface area (Å²) in [6.45, 7) is 1.55. The van der Waals surface area contributed by atoms with Crippen LogP contribution in [0.3, 0.4) is 0 Å². The first-order valence-corrected chi connectivity index (χ1v) is 9.22. The largest absolute Gasteiger partial charge is 0.452 e. The zero-order valence-electron chi connectivity index (χ0n) is 14.5. The number of ether oxygens (including phenoxy) is 1. The molecule has 4 aliphatic carbocycles. The molecule has 25 heavy (non-hydrogen) atoms. The lowest BCUT2D eigenvalue weighted by Crippen LogP contribution is -2.51. The fraction of sp³-hybridized carbons (Fsp3) is 0.600. The average molecular weight is 345 g/mol. The Bertz CT molecular complexity index is 667. The highest BCUT2D eigenvalue weighted by atomic mass is 19.1. The van der Waals surface area contributed by atoms with Crippen LogP contribution >= 0.6 is 0 Å². The highest BCUT2D eigenvalue weighted by Gasteiger charge is 2.55. The lowest BCUT2D eigenvalue weighted by Gasteiger charge is -2.55. The van der Waals surface area contributed by atoms with Crippen LogP contribution in [0.25, 0.3) is 0 Å². The second-order valence-electron chi connectivity index (χ2n) is 8.21. The number of halogens is 1. The van der Waals surface area contributed by atoms with Crippen LogP contribution in [-0.4, -0.2) is 18.0 Å². The van der Waals surface area contributed by atoms with E-state index in [1.807, 2.05) is 0 Å². The van der Waals surface area contributed by atoms with E-state index in [1.165, 1.54) is 31.4 Å². The Morgan fingerprint density at radius 2 is 1.68 bits per heavy atom. The van der Waals surface area contributed by atoms with Crippen molar-refractivity contribution in [2.24, 2.45) is 23.2 Å². The summed E-state index contributed by atoms with van der Waals surface area (Å²) in [6, 6.07) is 5.97. The minimum Gasteiger partial charge on any atom is -0.452 e. The minimum atomic E-state index is -0.930. The van der Waals surface area contributed by atoms with Gasteiger partial charge in [-0.1, -0.05) is 12.1 Å². The molecule has 4 saturated carbocycles. The number of hydrogen-bond acceptors (Lipinski definition) is 3. The summed E-state index contributed by atoms with van der Waals surface area (Å²) in [7, 11) is 0. The summed E-state index contributed by atoms with van der Waals surface area (Å²) in [5, 5.41) is 2.50. The Balaban J connectivity index is 1.40. The van der Waals surface area contributed by atoms with E-state index in [2.05, 4.69) is 5.32 Å². The third kappa shape index (κ3) is 3.05. The Kier molecular flexibility index (Phi) is 4.05. The van der Waals surface area contributed by atoms with Crippen LogP contribution in [-0.2, 0) is 14.3 Å². The Morgan fingerprint density at radius 1 is 1.12 bits per heavy atom. The van der Waals surface area contributed by atoms with Gasteiger partial charge in [0.15, 0.2) is 6.10 Å². The number of para-hydroxylation sites is 1. The van der Waals surface area contributed by atoms with Crippen molar-refractivity contribution in [2.75, 3.05) is 5.32 Å². The van der Waals surface area contributed by atoms with Crippen molar-refractivity contribution in [3.05, 3.63) is 30.1 Å². The third-order valence-electron chi connectivity index (χ3n) is 6.26. The first kappa shape index (κ1) is 16.6. The van der Waals surface area contributed by atoms with E-state index in [-0.39, 0.29) is 17.1 Å². The Hall–Kier alpha value is -1.91. The van der Waals surface area contributed by atoms with Gasteiger partial charge in [0, 0.05) is 0 Å². The van der Waals surface area contributed by atoms with E-state index in [9.17, 15) is 14.0 Å². The highest BCUT2D eigenvalue weighted by molar-refractivity contribution is 5.95. The molecule has 0 radical (unpaired) electrons. The first-order valence-electron chi connectivity index (χ1n) is 9.22. The van der Waals surface area contributed by atoms with Crippen molar-refractivity contribution in [3.8, 4) is 0 Å². The number of carbonyl (C=O) groups excluding carboxylic acids is 2. The minimum absolute atomic E-state index is 0.102. The lowest BCUT2D eigenvalue weighted by molar-refractivity contribution is -0.177. The molecule has 134 valence electrons. The molecule has 0 aliphatic heterocycles. The van der Waals surface area contributed by atoms with E-state index in [0.717, 1.165) is 19.3 Å². The number of benzene rings is 1. The van der Waals surface area contributed by atoms with Gasteiger partial charge >= 0.3 is 5.97 Å². The molecule has 0 heterocycles. The molecule has 5 rings (SSSR count). The van der Waals surface area contributed by atoms with Crippen LogP contribution in [0.5, 0.6) is 0 Å². The predicted molar refractivity (Wildman–Crippen MR) is 91.2 cm³/mol. The summed E-state index contributed by atoms with van der Waals surface area (Å²) in [5.74, 6) is 0.686. The summed E-state index contributed by atoms with van der Waals surface area (Å²) >= 11 is 0. The average Bonchev–Trinajstić information content (AvgIpc) is 2.55. The summed E-state index contributed by atoms with van der Waals surface area (Å²) in [6.07, 6.45) is 5.51. The number of carbonyl (C=O) groups is 2. The van der Waals surface area contributed by atoms with Crippen molar-refractivity contribution in [2.45, 2.75) is 51.6 Å². The molecule has 4 nitrogen and oxygen atoms in total. The first-order chi connectivity index (χ1) is 11.9. The number of hydrogen-bond donors (Lipinski definition) is 1. The molecule has 1 amide bonds. The molecule has 0 saturated heterocycles. The van der Waals surface area contributed by atoms with Crippen molar-refractivity contribution in [1.29, 1.82) is 0 Å². The van der Waals surface area contributed by atoms with Crippen LogP contribution in [0.4, 0.5) is 10.1 Å². The molecule has 4 bridgehead atoms. The van der Waals surface area contributed by atoms with Crippen molar-refractivity contribution in [3.63, 3.8) is 0 Å². The quantitative estimate of drug-likeness (QED) is 0.842. The molecule has 0 unspecified atom stereocenters.